The van der Waals surface area contributed by atoms with Crippen LogP contribution in [0.15, 0.2) is 48.5 Å². The van der Waals surface area contributed by atoms with Gasteiger partial charge in [0.1, 0.15) is 0 Å². The van der Waals surface area contributed by atoms with Gasteiger partial charge in [-0.15, -0.1) is 0 Å². The summed E-state index contributed by atoms with van der Waals surface area (Å²) in [5.74, 6) is 0. The zero-order valence-electron chi connectivity index (χ0n) is 12.6. The second-order valence-electron chi connectivity index (χ2n) is 5.57. The van der Waals surface area contributed by atoms with Gasteiger partial charge in [-0.25, -0.2) is 0 Å². The third-order valence-corrected chi connectivity index (χ3v) is 4.09. The zero-order valence-corrected chi connectivity index (χ0v) is 13.4. The molecule has 0 bridgehead atoms. The molecular formula is C18H21ClN2O. The van der Waals surface area contributed by atoms with Crippen molar-refractivity contribution in [3.05, 3.63) is 64.7 Å². The summed E-state index contributed by atoms with van der Waals surface area (Å²) in [6, 6.07) is 16.6. The lowest BCUT2D eigenvalue weighted by Gasteiger charge is -2.26. The Morgan fingerprint density at radius 2 is 1.73 bits per heavy atom. The fourth-order valence-electron chi connectivity index (χ4n) is 2.58. The second kappa shape index (κ2) is 7.63. The van der Waals surface area contributed by atoms with Crippen molar-refractivity contribution in [1.82, 2.24) is 4.90 Å². The van der Waals surface area contributed by atoms with Gasteiger partial charge >= 0.3 is 0 Å². The van der Waals surface area contributed by atoms with Crippen LogP contribution in [0.25, 0.3) is 0 Å². The predicted molar refractivity (Wildman–Crippen MR) is 91.3 cm³/mol. The number of ether oxygens (including phenoxy) is 1. The van der Waals surface area contributed by atoms with Crippen molar-refractivity contribution in [2.24, 2.45) is 0 Å². The largest absolute Gasteiger partial charge is 0.381 e. The second-order valence-corrected chi connectivity index (χ2v) is 6.01. The van der Waals surface area contributed by atoms with Crippen molar-refractivity contribution in [3.8, 4) is 0 Å². The van der Waals surface area contributed by atoms with Crippen molar-refractivity contribution in [2.75, 3.05) is 31.6 Å². The topological polar surface area (TPSA) is 24.5 Å². The van der Waals surface area contributed by atoms with Gasteiger partial charge in [-0.3, -0.25) is 4.90 Å². The molecule has 1 saturated heterocycles. The van der Waals surface area contributed by atoms with Gasteiger partial charge in [0.05, 0.1) is 13.2 Å². The van der Waals surface area contributed by atoms with Gasteiger partial charge in [0.15, 0.2) is 0 Å². The molecule has 0 atom stereocenters. The summed E-state index contributed by atoms with van der Waals surface area (Å²) in [7, 11) is 0. The molecule has 2 aromatic rings. The van der Waals surface area contributed by atoms with Crippen LogP contribution in [0.3, 0.4) is 0 Å². The van der Waals surface area contributed by atoms with Gasteiger partial charge in [0.25, 0.3) is 0 Å². The summed E-state index contributed by atoms with van der Waals surface area (Å²) >= 11 is 5.99. The molecule has 1 fully saturated rings. The molecule has 22 heavy (non-hydrogen) atoms. The molecule has 0 radical (unpaired) electrons. The third-order valence-electron chi connectivity index (χ3n) is 3.85. The highest BCUT2D eigenvalue weighted by Gasteiger charge is 2.10. The number of benzene rings is 2. The van der Waals surface area contributed by atoms with E-state index < -0.39 is 0 Å². The molecule has 2 aromatic carbocycles. The number of halogens is 1. The van der Waals surface area contributed by atoms with Crippen LogP contribution in [-0.2, 0) is 17.8 Å². The van der Waals surface area contributed by atoms with E-state index >= 15 is 0 Å². The maximum absolute atomic E-state index is 5.99. The van der Waals surface area contributed by atoms with Gasteiger partial charge in [-0.1, -0.05) is 41.9 Å². The lowest BCUT2D eigenvalue weighted by atomic mass is 10.1. The SMILES string of the molecule is Clc1cccc(NCc2ccc(CN3CCOCC3)cc2)c1. The van der Waals surface area contributed by atoms with E-state index in [1.807, 2.05) is 24.3 Å². The van der Waals surface area contributed by atoms with Gasteiger partial charge in [0.2, 0.25) is 0 Å². The Hall–Kier alpha value is -1.55. The molecule has 0 saturated carbocycles. The lowest BCUT2D eigenvalue weighted by Crippen LogP contribution is -2.35. The quantitative estimate of drug-likeness (QED) is 0.908. The molecule has 1 heterocycles. The van der Waals surface area contributed by atoms with Crippen molar-refractivity contribution < 1.29 is 4.74 Å². The maximum atomic E-state index is 5.99. The van der Waals surface area contributed by atoms with E-state index in [0.29, 0.717) is 0 Å². The summed E-state index contributed by atoms with van der Waals surface area (Å²) in [4.78, 5) is 2.43. The maximum Gasteiger partial charge on any atom is 0.0594 e. The number of morpholine rings is 1. The fourth-order valence-corrected chi connectivity index (χ4v) is 2.77. The molecule has 1 aliphatic rings. The van der Waals surface area contributed by atoms with E-state index in [4.69, 9.17) is 16.3 Å². The van der Waals surface area contributed by atoms with E-state index in [1.54, 1.807) is 0 Å². The average Bonchev–Trinajstić information content (AvgIpc) is 2.55. The number of rotatable bonds is 5. The van der Waals surface area contributed by atoms with Crippen LogP contribution in [0.5, 0.6) is 0 Å². The molecule has 3 rings (SSSR count). The van der Waals surface area contributed by atoms with Crippen LogP contribution in [0.2, 0.25) is 5.02 Å². The molecule has 4 heteroatoms. The van der Waals surface area contributed by atoms with Crippen LogP contribution in [0, 0.1) is 0 Å². The molecule has 3 nitrogen and oxygen atoms in total. The Balaban J connectivity index is 1.52. The van der Waals surface area contributed by atoms with E-state index in [-0.39, 0.29) is 0 Å². The minimum absolute atomic E-state index is 0.755. The van der Waals surface area contributed by atoms with Crippen LogP contribution < -0.4 is 5.32 Å². The Labute approximate surface area is 136 Å². The molecule has 0 amide bonds. The number of anilines is 1. The molecule has 0 aromatic heterocycles. The standard InChI is InChI=1S/C18H21ClN2O/c19-17-2-1-3-18(12-17)20-13-15-4-6-16(7-5-15)14-21-8-10-22-11-9-21/h1-7,12,20H,8-11,13-14H2. The molecule has 116 valence electrons. The number of nitrogens with one attached hydrogen (secondary N) is 1. The zero-order chi connectivity index (χ0) is 15.2. The number of nitrogens with zero attached hydrogens (tertiary/aromatic N) is 1. The normalized spacial score (nSPS) is 15.7. The summed E-state index contributed by atoms with van der Waals surface area (Å²) < 4.78 is 5.38. The first kappa shape index (κ1) is 15.3. The average molecular weight is 317 g/mol. The Morgan fingerprint density at radius 1 is 1.00 bits per heavy atom. The molecule has 0 spiro atoms. The third kappa shape index (κ3) is 4.47. The first-order valence-electron chi connectivity index (χ1n) is 7.67. The Kier molecular flexibility index (Phi) is 5.33. The molecule has 1 aliphatic heterocycles. The monoisotopic (exact) mass is 316 g/mol. The summed E-state index contributed by atoms with van der Waals surface area (Å²) in [5.41, 5.74) is 3.67. The van der Waals surface area contributed by atoms with E-state index in [2.05, 4.69) is 34.5 Å². The predicted octanol–water partition coefficient (Wildman–Crippen LogP) is 3.78. The summed E-state index contributed by atoms with van der Waals surface area (Å²) in [6.07, 6.45) is 0. The van der Waals surface area contributed by atoms with Crippen LogP contribution in [-0.4, -0.2) is 31.2 Å². The van der Waals surface area contributed by atoms with Crippen LogP contribution in [0.4, 0.5) is 5.69 Å². The van der Waals surface area contributed by atoms with Gasteiger partial charge in [-0.05, 0) is 29.3 Å². The van der Waals surface area contributed by atoms with Gasteiger partial charge in [-0.2, -0.15) is 0 Å². The summed E-state index contributed by atoms with van der Waals surface area (Å²) in [5, 5.41) is 4.15. The van der Waals surface area contributed by atoms with Crippen molar-refractivity contribution >= 4 is 17.3 Å². The van der Waals surface area contributed by atoms with Crippen LogP contribution in [0.1, 0.15) is 11.1 Å². The van der Waals surface area contributed by atoms with Gasteiger partial charge in [0, 0.05) is 36.9 Å². The van der Waals surface area contributed by atoms with Crippen molar-refractivity contribution in [1.29, 1.82) is 0 Å². The smallest absolute Gasteiger partial charge is 0.0594 e. The van der Waals surface area contributed by atoms with E-state index in [1.165, 1.54) is 11.1 Å². The number of hydrogen-bond donors (Lipinski definition) is 1. The first-order valence-corrected chi connectivity index (χ1v) is 8.05. The Morgan fingerprint density at radius 3 is 2.45 bits per heavy atom. The van der Waals surface area contributed by atoms with Crippen LogP contribution >= 0.6 is 11.6 Å². The van der Waals surface area contributed by atoms with Crippen molar-refractivity contribution in [2.45, 2.75) is 13.1 Å². The molecule has 1 N–H and O–H groups in total. The highest BCUT2D eigenvalue weighted by molar-refractivity contribution is 6.30. The molecular weight excluding hydrogens is 296 g/mol. The highest BCUT2D eigenvalue weighted by Crippen LogP contribution is 2.16. The minimum Gasteiger partial charge on any atom is -0.381 e. The molecule has 0 aliphatic carbocycles. The first-order chi connectivity index (χ1) is 10.8. The van der Waals surface area contributed by atoms with Gasteiger partial charge < -0.3 is 10.1 Å². The van der Waals surface area contributed by atoms with E-state index in [9.17, 15) is 0 Å². The molecule has 0 unspecified atom stereocenters. The minimum atomic E-state index is 0.755. The fraction of sp³-hybridized carbons (Fsp3) is 0.333. The highest BCUT2D eigenvalue weighted by atomic mass is 35.5. The lowest BCUT2D eigenvalue weighted by molar-refractivity contribution is 0.0342. The van der Waals surface area contributed by atoms with E-state index in [0.717, 1.165) is 50.1 Å². The van der Waals surface area contributed by atoms with Crippen molar-refractivity contribution in [3.63, 3.8) is 0 Å². The number of hydrogen-bond acceptors (Lipinski definition) is 3. The summed E-state index contributed by atoms with van der Waals surface area (Å²) in [6.45, 7) is 5.56. The Bertz CT molecular complexity index is 594.